The molecule has 0 unspecified atom stereocenters. The van der Waals surface area contributed by atoms with E-state index in [0.29, 0.717) is 0 Å². The van der Waals surface area contributed by atoms with Gasteiger partial charge in [0.25, 0.3) is 5.79 Å². The van der Waals surface area contributed by atoms with Gasteiger partial charge in [-0.05, 0) is 0 Å². The summed E-state index contributed by atoms with van der Waals surface area (Å²) in [6.45, 7) is 0.845. The van der Waals surface area contributed by atoms with Gasteiger partial charge < -0.3 is 14.5 Å². The molecular formula is C3H10AlClNa2O4. The van der Waals surface area contributed by atoms with Gasteiger partial charge in [0.1, 0.15) is 11.9 Å². The van der Waals surface area contributed by atoms with Crippen LogP contribution in [0.25, 0.3) is 0 Å². The second kappa shape index (κ2) is 10.3. The molecule has 0 aliphatic rings. The van der Waals surface area contributed by atoms with E-state index in [1.54, 1.807) is 0 Å². The molecule has 0 aromatic rings. The maximum absolute atomic E-state index is 9.98. The molecule has 0 spiro atoms. The van der Waals surface area contributed by atoms with E-state index in [1.165, 1.54) is 0 Å². The summed E-state index contributed by atoms with van der Waals surface area (Å²) in [7, 11) is 0. The number of halogens is 1. The van der Waals surface area contributed by atoms with Crippen molar-refractivity contribution in [2.75, 3.05) is 0 Å². The van der Waals surface area contributed by atoms with Crippen LogP contribution < -0.4 is 0 Å². The van der Waals surface area contributed by atoms with E-state index in [2.05, 4.69) is 16.2 Å². The molecule has 11 heavy (non-hydrogen) atoms. The van der Waals surface area contributed by atoms with Gasteiger partial charge in [0.15, 0.2) is 17.4 Å². The number of carbonyl (C=O) groups is 1. The van der Waals surface area contributed by atoms with Crippen LogP contribution in [0.4, 0.5) is 0 Å². The molecule has 0 fully saturated rings. The van der Waals surface area contributed by atoms with E-state index in [0.717, 1.165) is 6.92 Å². The van der Waals surface area contributed by atoms with E-state index in [1.807, 2.05) is 0 Å². The monoisotopic (exact) mass is 218 g/mol. The number of carbonyl (C=O) groups excluding carboxylic acids is 1. The Morgan fingerprint density at radius 3 is 1.73 bits per heavy atom. The molecule has 0 radical (unpaired) electrons. The first-order chi connectivity index (χ1) is 3.48. The summed E-state index contributed by atoms with van der Waals surface area (Å²) < 4.78 is 3.45. The number of rotatable bonds is 1. The number of hydrogen-bond acceptors (Lipinski definition) is 4. The molecule has 0 saturated carbocycles. The Balaban J connectivity index is -0.0000000817. The van der Waals surface area contributed by atoms with Crippen molar-refractivity contribution in [1.82, 2.24) is 0 Å². The zero-order chi connectivity index (χ0) is 6.78. The SMILES string of the molecule is CC(O)(O)C(=O)OCl.[AlH3].[NaH].[NaH]. The van der Waals surface area contributed by atoms with E-state index >= 15 is 0 Å². The first kappa shape index (κ1) is 23.2. The fraction of sp³-hybridized carbons (Fsp3) is 0.667. The van der Waals surface area contributed by atoms with Crippen molar-refractivity contribution < 1.29 is 19.3 Å². The fourth-order valence-corrected chi connectivity index (χ4v) is 0.219. The van der Waals surface area contributed by atoms with Crippen molar-refractivity contribution in [3.05, 3.63) is 0 Å². The summed E-state index contributed by atoms with van der Waals surface area (Å²) in [6, 6.07) is 0. The predicted molar refractivity (Wildman–Crippen MR) is 49.0 cm³/mol. The van der Waals surface area contributed by atoms with Crippen molar-refractivity contribution in [3.63, 3.8) is 0 Å². The van der Waals surface area contributed by atoms with Crippen LogP contribution in [0, 0.1) is 0 Å². The van der Waals surface area contributed by atoms with Crippen LogP contribution in [0.3, 0.4) is 0 Å². The van der Waals surface area contributed by atoms with Crippen LogP contribution in [0.1, 0.15) is 6.92 Å². The Morgan fingerprint density at radius 2 is 1.73 bits per heavy atom. The second-order valence-electron chi connectivity index (χ2n) is 1.39. The van der Waals surface area contributed by atoms with E-state index in [4.69, 9.17) is 10.2 Å². The standard InChI is InChI=1S/C3H5ClO4.Al.2Na.5H/c1-3(6,7)2(5)8-4;;;;;;;;/h6-7H,1H3;;;;;;;;. The summed E-state index contributed by atoms with van der Waals surface area (Å²) >= 11 is 4.47. The zero-order valence-electron chi connectivity index (χ0n) is 4.09. The third-order valence-electron chi connectivity index (χ3n) is 0.457. The second-order valence-corrected chi connectivity index (χ2v) is 1.54. The van der Waals surface area contributed by atoms with Gasteiger partial charge in [-0.1, -0.05) is 0 Å². The normalized spacial score (nSPS) is 8.00. The number of aliphatic hydroxyl groups is 2. The van der Waals surface area contributed by atoms with E-state index < -0.39 is 11.8 Å². The van der Waals surface area contributed by atoms with Gasteiger partial charge in [-0.3, -0.25) is 0 Å². The minimum atomic E-state index is -2.48. The molecular weight excluding hydrogens is 208 g/mol. The molecule has 0 aromatic heterocycles. The average Bonchev–Trinajstić information content (AvgIpc) is 1.62. The van der Waals surface area contributed by atoms with Gasteiger partial charge in [-0.2, -0.15) is 0 Å². The minimum absolute atomic E-state index is 0. The Labute approximate surface area is 125 Å². The van der Waals surface area contributed by atoms with Crippen LogP contribution >= 0.6 is 11.9 Å². The Morgan fingerprint density at radius 1 is 1.45 bits per heavy atom. The average molecular weight is 219 g/mol. The molecule has 2 N–H and O–H groups in total. The van der Waals surface area contributed by atoms with Crippen molar-refractivity contribution in [1.29, 1.82) is 0 Å². The third kappa shape index (κ3) is 12.2. The molecule has 0 amide bonds. The van der Waals surface area contributed by atoms with Crippen LogP contribution in [0.5, 0.6) is 0 Å². The van der Waals surface area contributed by atoms with Crippen LogP contribution in [0.15, 0.2) is 0 Å². The van der Waals surface area contributed by atoms with Gasteiger partial charge >= 0.3 is 65.1 Å². The first-order valence-corrected chi connectivity index (χ1v) is 2.07. The summed E-state index contributed by atoms with van der Waals surface area (Å²) in [5.74, 6) is -3.78. The van der Waals surface area contributed by atoms with Crippen LogP contribution in [-0.4, -0.2) is 98.4 Å². The molecule has 0 saturated heterocycles. The predicted octanol–water partition coefficient (Wildman–Crippen LogP) is -3.10. The zero-order valence-corrected chi connectivity index (χ0v) is 4.84. The summed E-state index contributed by atoms with van der Waals surface area (Å²) in [4.78, 5) is 9.98. The molecule has 8 heteroatoms. The summed E-state index contributed by atoms with van der Waals surface area (Å²) in [6.07, 6.45) is 0. The van der Waals surface area contributed by atoms with E-state index in [9.17, 15) is 4.79 Å². The molecule has 4 nitrogen and oxygen atoms in total. The Kier molecular flexibility index (Phi) is 21.7. The quantitative estimate of drug-likeness (QED) is 0.362. The van der Waals surface area contributed by atoms with Gasteiger partial charge in [0.2, 0.25) is 0 Å². The van der Waals surface area contributed by atoms with E-state index in [-0.39, 0.29) is 76.5 Å². The van der Waals surface area contributed by atoms with Crippen molar-refractivity contribution in [3.8, 4) is 0 Å². The summed E-state index contributed by atoms with van der Waals surface area (Å²) in [5, 5.41) is 16.6. The third-order valence-corrected chi connectivity index (χ3v) is 0.597. The molecule has 0 bridgehead atoms. The molecule has 0 atom stereocenters. The van der Waals surface area contributed by atoms with Gasteiger partial charge in [0, 0.05) is 6.92 Å². The van der Waals surface area contributed by atoms with Gasteiger partial charge in [-0.15, -0.1) is 0 Å². The molecule has 0 rings (SSSR count). The maximum atomic E-state index is 9.98. The molecule has 0 aromatic carbocycles. The van der Waals surface area contributed by atoms with Crippen molar-refractivity contribution in [2.45, 2.75) is 12.7 Å². The summed E-state index contributed by atoms with van der Waals surface area (Å²) in [5.41, 5.74) is 0. The van der Waals surface area contributed by atoms with Crippen LogP contribution in [-0.2, 0) is 9.08 Å². The Hall–Kier alpha value is 2.21. The van der Waals surface area contributed by atoms with Crippen LogP contribution in [0.2, 0.25) is 0 Å². The molecule has 0 aliphatic carbocycles. The molecule has 0 aliphatic heterocycles. The van der Waals surface area contributed by atoms with Gasteiger partial charge in [0.05, 0.1) is 0 Å². The Bertz CT molecular complexity index is 106. The fourth-order valence-electron chi connectivity index (χ4n) is 0.0731. The number of hydrogen-bond donors (Lipinski definition) is 2. The molecule has 58 valence electrons. The molecule has 0 heterocycles. The topological polar surface area (TPSA) is 66.8 Å². The van der Waals surface area contributed by atoms with Gasteiger partial charge in [-0.25, -0.2) is 4.79 Å². The van der Waals surface area contributed by atoms with Crippen molar-refractivity contribution in [2.24, 2.45) is 0 Å². The first-order valence-electron chi connectivity index (χ1n) is 1.76. The van der Waals surface area contributed by atoms with Crippen molar-refractivity contribution >= 4 is 94.3 Å².